The first-order valence-electron chi connectivity index (χ1n) is 8.14. The Labute approximate surface area is 163 Å². The number of rotatable bonds is 6. The minimum absolute atomic E-state index is 0.164. The number of nitro benzene ring substituents is 1. The number of ether oxygens (including phenoxy) is 1. The lowest BCUT2D eigenvalue weighted by atomic mass is 10.1. The maximum atomic E-state index is 13.7. The summed E-state index contributed by atoms with van der Waals surface area (Å²) in [5.74, 6) is -6.85. The number of carbonyl (C=O) groups excluding carboxylic acids is 2. The average molecular weight is 411 g/mol. The van der Waals surface area contributed by atoms with E-state index in [-0.39, 0.29) is 11.3 Å². The molecule has 0 saturated heterocycles. The van der Waals surface area contributed by atoms with Crippen LogP contribution in [0.4, 0.5) is 30.2 Å². The highest BCUT2D eigenvalue weighted by Crippen LogP contribution is 2.26. The third-order valence-electron chi connectivity index (χ3n) is 3.84. The van der Waals surface area contributed by atoms with Gasteiger partial charge in [0.05, 0.1) is 21.9 Å². The van der Waals surface area contributed by atoms with E-state index >= 15 is 0 Å². The molecule has 0 aliphatic heterocycles. The van der Waals surface area contributed by atoms with Crippen LogP contribution in [-0.4, -0.2) is 37.0 Å². The number of anilines is 2. The number of non-ortho nitro benzene ring substituents is 1. The number of nitro groups is 1. The number of hydrogen-bond acceptors (Lipinski definition) is 6. The molecule has 29 heavy (non-hydrogen) atoms. The summed E-state index contributed by atoms with van der Waals surface area (Å²) in [5.41, 5.74) is -0.854. The number of halogens is 3. The monoisotopic (exact) mass is 411 g/mol. The fourth-order valence-corrected chi connectivity index (χ4v) is 2.33. The zero-order valence-corrected chi connectivity index (χ0v) is 15.5. The Kier molecular flexibility index (Phi) is 6.42. The molecule has 0 radical (unpaired) electrons. The molecule has 11 heteroatoms. The van der Waals surface area contributed by atoms with Crippen LogP contribution in [0.3, 0.4) is 0 Å². The summed E-state index contributed by atoms with van der Waals surface area (Å²) in [7, 11) is 3.19. The number of hydrogen-bond donors (Lipinski definition) is 1. The van der Waals surface area contributed by atoms with Crippen molar-refractivity contribution in [3.05, 3.63) is 63.5 Å². The van der Waals surface area contributed by atoms with E-state index in [0.717, 1.165) is 19.1 Å². The first kappa shape index (κ1) is 21.7. The van der Waals surface area contributed by atoms with Crippen LogP contribution >= 0.6 is 0 Å². The van der Waals surface area contributed by atoms with Crippen molar-refractivity contribution in [2.24, 2.45) is 0 Å². The minimum Gasteiger partial charge on any atom is -0.449 e. The van der Waals surface area contributed by atoms with Gasteiger partial charge in [0.15, 0.2) is 23.6 Å². The van der Waals surface area contributed by atoms with Crippen molar-refractivity contribution in [2.45, 2.75) is 13.0 Å². The number of nitrogens with one attached hydrogen (secondary N) is 1. The molecule has 1 atom stereocenters. The van der Waals surface area contributed by atoms with Gasteiger partial charge < -0.3 is 15.0 Å². The van der Waals surface area contributed by atoms with E-state index in [0.29, 0.717) is 11.8 Å². The molecule has 0 spiro atoms. The van der Waals surface area contributed by atoms with Gasteiger partial charge in [-0.05, 0) is 25.1 Å². The van der Waals surface area contributed by atoms with E-state index in [4.69, 9.17) is 4.74 Å². The predicted molar refractivity (Wildman–Crippen MR) is 97.2 cm³/mol. The molecular weight excluding hydrogens is 395 g/mol. The number of carbonyl (C=O) groups is 2. The van der Waals surface area contributed by atoms with Crippen LogP contribution in [0.2, 0.25) is 0 Å². The van der Waals surface area contributed by atoms with Crippen LogP contribution in [-0.2, 0) is 9.53 Å². The molecular formula is C18H16F3N3O5. The summed E-state index contributed by atoms with van der Waals surface area (Å²) in [6.07, 6.45) is -1.47. The molecule has 2 aromatic carbocycles. The smallest absolute Gasteiger partial charge is 0.341 e. The Morgan fingerprint density at radius 2 is 1.79 bits per heavy atom. The van der Waals surface area contributed by atoms with Crippen LogP contribution in [0, 0.1) is 27.6 Å². The van der Waals surface area contributed by atoms with Crippen LogP contribution in [0.5, 0.6) is 0 Å². The van der Waals surface area contributed by atoms with Crippen LogP contribution in [0.25, 0.3) is 0 Å². The van der Waals surface area contributed by atoms with E-state index in [1.807, 2.05) is 5.32 Å². The third kappa shape index (κ3) is 4.81. The van der Waals surface area contributed by atoms with Gasteiger partial charge in [-0.15, -0.1) is 0 Å². The van der Waals surface area contributed by atoms with Gasteiger partial charge in [-0.3, -0.25) is 14.9 Å². The van der Waals surface area contributed by atoms with Crippen molar-refractivity contribution in [1.29, 1.82) is 0 Å². The van der Waals surface area contributed by atoms with Gasteiger partial charge in [-0.2, -0.15) is 0 Å². The highest BCUT2D eigenvalue weighted by atomic mass is 19.2. The lowest BCUT2D eigenvalue weighted by molar-refractivity contribution is -0.384. The molecule has 2 rings (SSSR count). The number of benzene rings is 2. The zero-order chi connectivity index (χ0) is 21.9. The SMILES string of the molecule is C[C@H](OC(=O)c1cc([N+](=O)[O-])ccc1N(C)C)C(=O)Nc1ccc(F)c(F)c1F. The summed E-state index contributed by atoms with van der Waals surface area (Å²) in [5, 5.41) is 12.9. The Balaban J connectivity index is 2.20. The van der Waals surface area contributed by atoms with Gasteiger partial charge in [0, 0.05) is 26.2 Å². The predicted octanol–water partition coefficient (Wildman–Crippen LogP) is 3.26. The highest BCUT2D eigenvalue weighted by molar-refractivity contribution is 6.00. The number of amides is 1. The fraction of sp³-hybridized carbons (Fsp3) is 0.222. The lowest BCUT2D eigenvalue weighted by Gasteiger charge is -2.18. The second-order valence-corrected chi connectivity index (χ2v) is 6.11. The molecule has 0 bridgehead atoms. The first-order chi connectivity index (χ1) is 13.5. The topological polar surface area (TPSA) is 102 Å². The molecule has 0 fully saturated rings. The van der Waals surface area contributed by atoms with E-state index in [1.54, 1.807) is 14.1 Å². The molecule has 1 amide bonds. The molecule has 0 saturated carbocycles. The summed E-state index contributed by atoms with van der Waals surface area (Å²) >= 11 is 0. The van der Waals surface area contributed by atoms with Crippen LogP contribution in [0.15, 0.2) is 30.3 Å². The van der Waals surface area contributed by atoms with E-state index in [1.165, 1.54) is 17.0 Å². The maximum absolute atomic E-state index is 13.7. The Morgan fingerprint density at radius 3 is 2.38 bits per heavy atom. The van der Waals surface area contributed by atoms with Gasteiger partial charge in [0.25, 0.3) is 11.6 Å². The quantitative estimate of drug-likeness (QED) is 0.339. The minimum atomic E-state index is -1.76. The second-order valence-electron chi connectivity index (χ2n) is 6.11. The summed E-state index contributed by atoms with van der Waals surface area (Å²) in [6.45, 7) is 1.16. The first-order valence-corrected chi connectivity index (χ1v) is 8.14. The van der Waals surface area contributed by atoms with Gasteiger partial charge in [-0.1, -0.05) is 0 Å². The van der Waals surface area contributed by atoms with Gasteiger partial charge in [0.1, 0.15) is 0 Å². The second kappa shape index (κ2) is 8.59. The normalized spacial score (nSPS) is 11.5. The standard InChI is InChI=1S/C18H16F3N3O5/c1-9(17(25)22-13-6-5-12(19)15(20)16(13)21)29-18(26)11-8-10(24(27)28)4-7-14(11)23(2)3/h4-9H,1-3H3,(H,22,25)/t9-/m0/s1. The molecule has 0 unspecified atom stereocenters. The molecule has 0 heterocycles. The zero-order valence-electron chi connectivity index (χ0n) is 15.5. The number of esters is 1. The molecule has 154 valence electrons. The van der Waals surface area contributed by atoms with Crippen molar-refractivity contribution >= 4 is 28.9 Å². The van der Waals surface area contributed by atoms with Crippen molar-refractivity contribution < 1.29 is 32.4 Å². The molecule has 0 aliphatic rings. The molecule has 8 nitrogen and oxygen atoms in total. The van der Waals surface area contributed by atoms with E-state index < -0.39 is 46.0 Å². The maximum Gasteiger partial charge on any atom is 0.341 e. The van der Waals surface area contributed by atoms with Crippen molar-refractivity contribution in [3.8, 4) is 0 Å². The van der Waals surface area contributed by atoms with Gasteiger partial charge in [-0.25, -0.2) is 18.0 Å². The largest absolute Gasteiger partial charge is 0.449 e. The average Bonchev–Trinajstić information content (AvgIpc) is 2.67. The molecule has 1 N–H and O–H groups in total. The molecule has 0 aliphatic carbocycles. The van der Waals surface area contributed by atoms with Crippen LogP contribution in [0.1, 0.15) is 17.3 Å². The van der Waals surface area contributed by atoms with Crippen LogP contribution < -0.4 is 10.2 Å². The summed E-state index contributed by atoms with van der Waals surface area (Å²) in [6, 6.07) is 4.98. The van der Waals surface area contributed by atoms with Gasteiger partial charge in [0.2, 0.25) is 0 Å². The Bertz CT molecular complexity index is 981. The van der Waals surface area contributed by atoms with Gasteiger partial charge >= 0.3 is 5.97 Å². The highest BCUT2D eigenvalue weighted by Gasteiger charge is 2.25. The van der Waals surface area contributed by atoms with Crippen molar-refractivity contribution in [2.75, 3.05) is 24.3 Å². The van der Waals surface area contributed by atoms with Crippen molar-refractivity contribution in [1.82, 2.24) is 0 Å². The Hall–Kier alpha value is -3.63. The van der Waals surface area contributed by atoms with E-state index in [2.05, 4.69) is 0 Å². The summed E-state index contributed by atoms with van der Waals surface area (Å²) < 4.78 is 44.9. The number of nitrogens with zero attached hydrogens (tertiary/aromatic N) is 2. The molecule has 2 aromatic rings. The lowest BCUT2D eigenvalue weighted by Crippen LogP contribution is -2.31. The molecule has 0 aromatic heterocycles. The van der Waals surface area contributed by atoms with E-state index in [9.17, 15) is 32.9 Å². The van der Waals surface area contributed by atoms with Crippen molar-refractivity contribution in [3.63, 3.8) is 0 Å². The third-order valence-corrected chi connectivity index (χ3v) is 3.84. The Morgan fingerprint density at radius 1 is 1.14 bits per heavy atom. The summed E-state index contributed by atoms with van der Waals surface area (Å²) in [4.78, 5) is 36.4. The fourth-order valence-electron chi connectivity index (χ4n) is 2.33.